The van der Waals surface area contributed by atoms with Crippen LogP contribution in [0.15, 0.2) is 42.2 Å². The largest absolute Gasteiger partial charge is 0.377 e. The van der Waals surface area contributed by atoms with Gasteiger partial charge in [0.15, 0.2) is 0 Å². The van der Waals surface area contributed by atoms with E-state index in [2.05, 4.69) is 56.6 Å². The second kappa shape index (κ2) is 10.4. The van der Waals surface area contributed by atoms with E-state index in [0.29, 0.717) is 12.1 Å². The molecule has 19 heavy (non-hydrogen) atoms. The Morgan fingerprint density at radius 2 is 1.84 bits per heavy atom. The maximum absolute atomic E-state index is 4.33. The molecule has 0 aliphatic heterocycles. The van der Waals surface area contributed by atoms with Crippen molar-refractivity contribution >= 4 is 6.34 Å². The maximum Gasteiger partial charge on any atom is 0.0890 e. The van der Waals surface area contributed by atoms with E-state index >= 15 is 0 Å². The summed E-state index contributed by atoms with van der Waals surface area (Å²) in [6.07, 6.45) is 14.2. The third-order valence-electron chi connectivity index (χ3n) is 2.80. The number of hydrogen-bond donors (Lipinski definition) is 0. The van der Waals surface area contributed by atoms with Gasteiger partial charge in [-0.15, -0.1) is 0 Å². The molecule has 0 aromatic heterocycles. The Bertz CT molecular complexity index is 316. The first-order valence-corrected chi connectivity index (χ1v) is 6.90. The van der Waals surface area contributed by atoms with E-state index in [4.69, 9.17) is 0 Å². The predicted octanol–water partition coefficient (Wildman–Crippen LogP) is 3.67. The molecular formula is C16H29N3. The van der Waals surface area contributed by atoms with Crippen LogP contribution in [-0.2, 0) is 0 Å². The molecule has 0 N–H and O–H groups in total. The Kier molecular flexibility index (Phi) is 9.59. The number of allylic oxidation sites excluding steroid dienone is 3. The van der Waals surface area contributed by atoms with Crippen molar-refractivity contribution in [3.05, 3.63) is 37.2 Å². The van der Waals surface area contributed by atoms with E-state index in [1.54, 1.807) is 0 Å². The van der Waals surface area contributed by atoms with Crippen LogP contribution >= 0.6 is 0 Å². The molecule has 0 spiro atoms. The Morgan fingerprint density at radius 1 is 1.16 bits per heavy atom. The topological polar surface area (TPSA) is 18.8 Å². The lowest BCUT2D eigenvalue weighted by molar-refractivity contribution is 0.332. The molecule has 108 valence electrons. The molecule has 1 unspecified atom stereocenters. The maximum atomic E-state index is 4.33. The summed E-state index contributed by atoms with van der Waals surface area (Å²) in [5, 5.41) is 0. The average Bonchev–Trinajstić information content (AvgIpc) is 2.38. The highest BCUT2D eigenvalue weighted by molar-refractivity contribution is 5.56. The number of aliphatic imine (C=N–C) groups is 1. The Balaban J connectivity index is 4.09. The minimum absolute atomic E-state index is 0.337. The smallest absolute Gasteiger partial charge is 0.0890 e. The summed E-state index contributed by atoms with van der Waals surface area (Å²) in [5.74, 6) is 0. The molecule has 0 aromatic carbocycles. The summed E-state index contributed by atoms with van der Waals surface area (Å²) in [6, 6.07) is 0.852. The number of nitrogens with zero attached hydrogens (tertiary/aromatic N) is 3. The van der Waals surface area contributed by atoms with Gasteiger partial charge in [0.05, 0.1) is 6.34 Å². The minimum Gasteiger partial charge on any atom is -0.377 e. The number of hydrogen-bond acceptors (Lipinski definition) is 2. The molecule has 0 saturated carbocycles. The van der Waals surface area contributed by atoms with Gasteiger partial charge in [-0.1, -0.05) is 24.8 Å². The molecule has 0 aromatic rings. The lowest BCUT2D eigenvalue weighted by atomic mass is 10.1. The lowest BCUT2D eigenvalue weighted by Gasteiger charge is -2.23. The van der Waals surface area contributed by atoms with Crippen LogP contribution in [0, 0.1) is 0 Å². The molecule has 0 radical (unpaired) electrons. The molecule has 0 amide bonds. The third kappa shape index (κ3) is 10.1. The molecule has 3 heteroatoms. The van der Waals surface area contributed by atoms with E-state index in [-0.39, 0.29) is 0 Å². The Morgan fingerprint density at radius 3 is 2.42 bits per heavy atom. The van der Waals surface area contributed by atoms with Gasteiger partial charge < -0.3 is 9.80 Å². The normalized spacial score (nSPS) is 13.8. The fraction of sp³-hybridized carbons (Fsp3) is 0.562. The Labute approximate surface area is 119 Å². The highest BCUT2D eigenvalue weighted by Crippen LogP contribution is 2.05. The van der Waals surface area contributed by atoms with Gasteiger partial charge in [-0.25, -0.2) is 0 Å². The standard InChI is InChI=1S/C16H29N3/c1-7-8-9-10-11-16(4)19(6)13-12-18(5)14-17-15(2)3/h7-9,12-16H,1,10-11H2,2-6H3/b9-8?,13-12-,17-14+. The van der Waals surface area contributed by atoms with Crippen LogP contribution in [0.3, 0.4) is 0 Å². The molecule has 0 aliphatic carbocycles. The van der Waals surface area contributed by atoms with Crippen LogP contribution in [0.25, 0.3) is 0 Å². The highest BCUT2D eigenvalue weighted by Gasteiger charge is 2.03. The zero-order valence-corrected chi connectivity index (χ0v) is 13.1. The quantitative estimate of drug-likeness (QED) is 0.359. The van der Waals surface area contributed by atoms with E-state index in [0.717, 1.165) is 12.8 Å². The third-order valence-corrected chi connectivity index (χ3v) is 2.80. The second-order valence-electron chi connectivity index (χ2n) is 5.08. The summed E-state index contributed by atoms with van der Waals surface area (Å²) in [6.45, 7) is 10.0. The molecule has 0 rings (SSSR count). The van der Waals surface area contributed by atoms with Crippen LogP contribution in [0.2, 0.25) is 0 Å². The van der Waals surface area contributed by atoms with Gasteiger partial charge in [0.2, 0.25) is 0 Å². The molecule has 3 nitrogen and oxygen atoms in total. The summed E-state index contributed by atoms with van der Waals surface area (Å²) >= 11 is 0. The molecular weight excluding hydrogens is 234 g/mol. The molecule has 0 fully saturated rings. The average molecular weight is 263 g/mol. The molecule has 0 aliphatic rings. The van der Waals surface area contributed by atoms with Gasteiger partial charge in [-0.2, -0.15) is 0 Å². The molecule has 0 bridgehead atoms. The van der Waals surface area contributed by atoms with Crippen LogP contribution in [-0.4, -0.2) is 42.3 Å². The SMILES string of the molecule is C=CC=CCCC(C)N(C)/C=C\N(C)/C=N/C(C)C. The second-order valence-corrected chi connectivity index (χ2v) is 5.08. The summed E-state index contributed by atoms with van der Waals surface area (Å²) in [4.78, 5) is 8.53. The minimum atomic E-state index is 0.337. The first-order valence-electron chi connectivity index (χ1n) is 6.90. The van der Waals surface area contributed by atoms with Gasteiger partial charge in [-0.05, 0) is 33.6 Å². The summed E-state index contributed by atoms with van der Waals surface area (Å²) < 4.78 is 0. The monoisotopic (exact) mass is 263 g/mol. The fourth-order valence-electron chi connectivity index (χ4n) is 1.37. The molecule has 0 saturated heterocycles. The van der Waals surface area contributed by atoms with Crippen LogP contribution in [0.4, 0.5) is 0 Å². The van der Waals surface area contributed by atoms with Gasteiger partial charge in [0.25, 0.3) is 0 Å². The zero-order valence-electron chi connectivity index (χ0n) is 13.1. The highest BCUT2D eigenvalue weighted by atomic mass is 15.2. The van der Waals surface area contributed by atoms with Crippen LogP contribution in [0.1, 0.15) is 33.6 Å². The van der Waals surface area contributed by atoms with Gasteiger partial charge in [-0.3, -0.25) is 4.99 Å². The lowest BCUT2D eigenvalue weighted by Crippen LogP contribution is -2.24. The van der Waals surface area contributed by atoms with Crippen LogP contribution < -0.4 is 0 Å². The van der Waals surface area contributed by atoms with Crippen molar-refractivity contribution in [1.29, 1.82) is 0 Å². The van der Waals surface area contributed by atoms with Crippen molar-refractivity contribution in [1.82, 2.24) is 9.80 Å². The van der Waals surface area contributed by atoms with E-state index in [1.165, 1.54) is 0 Å². The first-order chi connectivity index (χ1) is 8.97. The van der Waals surface area contributed by atoms with Crippen molar-refractivity contribution < 1.29 is 0 Å². The van der Waals surface area contributed by atoms with Crippen molar-refractivity contribution in [2.24, 2.45) is 4.99 Å². The van der Waals surface area contributed by atoms with Crippen molar-refractivity contribution in [3.63, 3.8) is 0 Å². The van der Waals surface area contributed by atoms with E-state index < -0.39 is 0 Å². The van der Waals surface area contributed by atoms with Crippen molar-refractivity contribution in [2.45, 2.75) is 45.7 Å². The van der Waals surface area contributed by atoms with Crippen LogP contribution in [0.5, 0.6) is 0 Å². The first kappa shape index (κ1) is 17.5. The molecule has 0 heterocycles. The predicted molar refractivity (Wildman–Crippen MR) is 86.3 cm³/mol. The van der Waals surface area contributed by atoms with E-state index in [1.807, 2.05) is 36.6 Å². The van der Waals surface area contributed by atoms with Gasteiger partial charge >= 0.3 is 0 Å². The molecule has 1 atom stereocenters. The summed E-state index contributed by atoms with van der Waals surface area (Å²) in [7, 11) is 4.10. The van der Waals surface area contributed by atoms with Gasteiger partial charge in [0.1, 0.15) is 0 Å². The summed E-state index contributed by atoms with van der Waals surface area (Å²) in [5.41, 5.74) is 0. The van der Waals surface area contributed by atoms with Gasteiger partial charge in [0, 0.05) is 38.6 Å². The fourth-order valence-corrected chi connectivity index (χ4v) is 1.37. The van der Waals surface area contributed by atoms with E-state index in [9.17, 15) is 0 Å². The van der Waals surface area contributed by atoms with Crippen molar-refractivity contribution in [3.8, 4) is 0 Å². The zero-order chi connectivity index (χ0) is 14.7. The Hall–Kier alpha value is -1.51. The van der Waals surface area contributed by atoms with Crippen molar-refractivity contribution in [2.75, 3.05) is 14.1 Å². The number of rotatable bonds is 9.